The summed E-state index contributed by atoms with van der Waals surface area (Å²) in [6, 6.07) is 8.68. The Morgan fingerprint density at radius 1 is 1.29 bits per heavy atom. The third kappa shape index (κ3) is 3.20. The fourth-order valence-electron chi connectivity index (χ4n) is 2.47. The monoisotopic (exact) mass is 235 g/mol. The van der Waals surface area contributed by atoms with Gasteiger partial charge in [-0.25, -0.2) is 0 Å². The van der Waals surface area contributed by atoms with Crippen LogP contribution in [0.15, 0.2) is 24.3 Å². The molecule has 3 nitrogen and oxygen atoms in total. The van der Waals surface area contributed by atoms with E-state index in [0.29, 0.717) is 12.1 Å². The van der Waals surface area contributed by atoms with Crippen LogP contribution in [0, 0.1) is 0 Å². The molecule has 94 valence electrons. The van der Waals surface area contributed by atoms with Crippen molar-refractivity contribution in [1.29, 1.82) is 0 Å². The zero-order valence-corrected chi connectivity index (χ0v) is 10.6. The smallest absolute Gasteiger partial charge is 0.119 e. The van der Waals surface area contributed by atoms with Gasteiger partial charge < -0.3 is 14.8 Å². The highest BCUT2D eigenvalue weighted by Gasteiger charge is 2.26. The number of methoxy groups -OCH3 is 2. The number of rotatable bonds is 5. The molecule has 1 fully saturated rings. The maximum absolute atomic E-state index is 5.47. The van der Waals surface area contributed by atoms with Crippen molar-refractivity contribution in [2.24, 2.45) is 0 Å². The number of nitrogens with one attached hydrogen (secondary N) is 1. The quantitative estimate of drug-likeness (QED) is 0.850. The number of hydrogen-bond donors (Lipinski definition) is 1. The van der Waals surface area contributed by atoms with Crippen molar-refractivity contribution in [3.63, 3.8) is 0 Å². The highest BCUT2D eigenvalue weighted by molar-refractivity contribution is 5.28. The van der Waals surface area contributed by atoms with Crippen LogP contribution in [0.25, 0.3) is 0 Å². The summed E-state index contributed by atoms with van der Waals surface area (Å²) in [5.41, 5.74) is 1.26. The summed E-state index contributed by atoms with van der Waals surface area (Å²) in [6.45, 7) is 0.877. The summed E-state index contributed by atoms with van der Waals surface area (Å²) in [5, 5.41) is 3.57. The molecule has 0 aromatic heterocycles. The standard InChI is InChI=1S/C14H21NO2/c1-16-12-6-3-5-11(9-12)10-15-13-7-4-8-14(13)17-2/h3,5-6,9,13-15H,4,7-8,10H2,1-2H3. The molecule has 2 unspecified atom stereocenters. The van der Waals surface area contributed by atoms with Gasteiger partial charge in [0.25, 0.3) is 0 Å². The van der Waals surface area contributed by atoms with Gasteiger partial charge in [0.1, 0.15) is 5.75 Å². The van der Waals surface area contributed by atoms with Crippen molar-refractivity contribution in [2.45, 2.75) is 38.0 Å². The summed E-state index contributed by atoms with van der Waals surface area (Å²) in [7, 11) is 3.50. The van der Waals surface area contributed by atoms with Gasteiger partial charge in [0.15, 0.2) is 0 Å². The molecule has 1 N–H and O–H groups in total. The van der Waals surface area contributed by atoms with E-state index in [-0.39, 0.29) is 0 Å². The van der Waals surface area contributed by atoms with E-state index in [9.17, 15) is 0 Å². The minimum Gasteiger partial charge on any atom is -0.497 e. The lowest BCUT2D eigenvalue weighted by Gasteiger charge is -2.19. The molecule has 0 saturated heterocycles. The van der Waals surface area contributed by atoms with Crippen molar-refractivity contribution >= 4 is 0 Å². The fourth-order valence-corrected chi connectivity index (χ4v) is 2.47. The predicted molar refractivity (Wildman–Crippen MR) is 68.3 cm³/mol. The average molecular weight is 235 g/mol. The van der Waals surface area contributed by atoms with E-state index in [4.69, 9.17) is 9.47 Å². The van der Waals surface area contributed by atoms with Crippen molar-refractivity contribution in [3.8, 4) is 5.75 Å². The van der Waals surface area contributed by atoms with E-state index in [2.05, 4.69) is 17.4 Å². The predicted octanol–water partition coefficient (Wildman–Crippen LogP) is 2.35. The molecule has 1 saturated carbocycles. The van der Waals surface area contributed by atoms with Gasteiger partial charge in [0, 0.05) is 19.7 Å². The van der Waals surface area contributed by atoms with Crippen LogP contribution in [-0.4, -0.2) is 26.4 Å². The Kier molecular flexibility index (Phi) is 4.40. The maximum atomic E-state index is 5.47. The number of benzene rings is 1. The molecule has 0 heterocycles. The lowest BCUT2D eigenvalue weighted by atomic mass is 10.1. The third-order valence-corrected chi connectivity index (χ3v) is 3.46. The first-order valence-corrected chi connectivity index (χ1v) is 6.22. The molecule has 1 aromatic carbocycles. The van der Waals surface area contributed by atoms with E-state index in [1.807, 2.05) is 12.1 Å². The topological polar surface area (TPSA) is 30.5 Å². The van der Waals surface area contributed by atoms with Gasteiger partial charge in [-0.1, -0.05) is 12.1 Å². The molecule has 0 amide bonds. The molecule has 1 aromatic rings. The summed E-state index contributed by atoms with van der Waals surface area (Å²) in [4.78, 5) is 0. The van der Waals surface area contributed by atoms with Crippen LogP contribution in [0.5, 0.6) is 5.75 Å². The van der Waals surface area contributed by atoms with Gasteiger partial charge in [-0.05, 0) is 37.0 Å². The minimum absolute atomic E-state index is 0.376. The maximum Gasteiger partial charge on any atom is 0.119 e. The summed E-state index contributed by atoms with van der Waals surface area (Å²) in [5.74, 6) is 0.916. The molecule has 0 aliphatic heterocycles. The lowest BCUT2D eigenvalue weighted by Crippen LogP contribution is -2.36. The van der Waals surface area contributed by atoms with Crippen molar-refractivity contribution in [3.05, 3.63) is 29.8 Å². The summed E-state index contributed by atoms with van der Waals surface area (Å²) in [6.07, 6.45) is 4.02. The first-order valence-electron chi connectivity index (χ1n) is 6.22. The van der Waals surface area contributed by atoms with Crippen molar-refractivity contribution < 1.29 is 9.47 Å². The van der Waals surface area contributed by atoms with Crippen LogP contribution in [0.4, 0.5) is 0 Å². The van der Waals surface area contributed by atoms with Gasteiger partial charge >= 0.3 is 0 Å². The van der Waals surface area contributed by atoms with Gasteiger partial charge in [0.2, 0.25) is 0 Å². The zero-order chi connectivity index (χ0) is 12.1. The Morgan fingerprint density at radius 2 is 2.18 bits per heavy atom. The number of hydrogen-bond acceptors (Lipinski definition) is 3. The first kappa shape index (κ1) is 12.4. The molecule has 2 atom stereocenters. The molecule has 3 heteroatoms. The van der Waals surface area contributed by atoms with Gasteiger partial charge in [-0.3, -0.25) is 0 Å². The Balaban J connectivity index is 1.88. The Labute approximate surface area is 103 Å². The average Bonchev–Trinajstić information content (AvgIpc) is 2.84. The van der Waals surface area contributed by atoms with Crippen LogP contribution < -0.4 is 10.1 Å². The molecule has 0 radical (unpaired) electrons. The fraction of sp³-hybridized carbons (Fsp3) is 0.571. The lowest BCUT2D eigenvalue weighted by molar-refractivity contribution is 0.0847. The highest BCUT2D eigenvalue weighted by Crippen LogP contribution is 2.22. The first-order chi connectivity index (χ1) is 8.33. The van der Waals surface area contributed by atoms with E-state index >= 15 is 0 Å². The van der Waals surface area contributed by atoms with Gasteiger partial charge in [-0.2, -0.15) is 0 Å². The SMILES string of the molecule is COc1cccc(CNC2CCCC2OC)c1. The molecule has 1 aliphatic carbocycles. The Morgan fingerprint density at radius 3 is 2.94 bits per heavy atom. The van der Waals surface area contributed by atoms with Gasteiger partial charge in [-0.15, -0.1) is 0 Å². The second-order valence-corrected chi connectivity index (χ2v) is 4.54. The Bertz CT molecular complexity index is 354. The van der Waals surface area contributed by atoms with Crippen LogP contribution in [0.2, 0.25) is 0 Å². The largest absolute Gasteiger partial charge is 0.497 e. The second kappa shape index (κ2) is 6.03. The van der Waals surface area contributed by atoms with E-state index in [1.54, 1.807) is 14.2 Å². The normalized spacial score (nSPS) is 23.9. The molecule has 2 rings (SSSR count). The molecule has 1 aliphatic rings. The van der Waals surface area contributed by atoms with Crippen LogP contribution >= 0.6 is 0 Å². The Hall–Kier alpha value is -1.06. The second-order valence-electron chi connectivity index (χ2n) is 4.54. The minimum atomic E-state index is 0.376. The van der Waals surface area contributed by atoms with Crippen LogP contribution in [0.3, 0.4) is 0 Å². The van der Waals surface area contributed by atoms with E-state index in [0.717, 1.165) is 12.3 Å². The zero-order valence-electron chi connectivity index (χ0n) is 10.6. The van der Waals surface area contributed by atoms with Crippen LogP contribution in [-0.2, 0) is 11.3 Å². The van der Waals surface area contributed by atoms with Gasteiger partial charge in [0.05, 0.1) is 13.2 Å². The van der Waals surface area contributed by atoms with Crippen molar-refractivity contribution in [1.82, 2.24) is 5.32 Å². The van der Waals surface area contributed by atoms with Crippen molar-refractivity contribution in [2.75, 3.05) is 14.2 Å². The molecule has 0 bridgehead atoms. The van der Waals surface area contributed by atoms with Crippen LogP contribution in [0.1, 0.15) is 24.8 Å². The van der Waals surface area contributed by atoms with E-state index in [1.165, 1.54) is 24.8 Å². The molecule has 0 spiro atoms. The molecule has 17 heavy (non-hydrogen) atoms. The third-order valence-electron chi connectivity index (χ3n) is 3.46. The van der Waals surface area contributed by atoms with E-state index < -0.39 is 0 Å². The number of ether oxygens (including phenoxy) is 2. The summed E-state index contributed by atoms with van der Waals surface area (Å²) >= 11 is 0. The molecular formula is C14H21NO2. The molecular weight excluding hydrogens is 214 g/mol. The highest BCUT2D eigenvalue weighted by atomic mass is 16.5. The summed E-state index contributed by atoms with van der Waals surface area (Å²) < 4.78 is 10.7.